The molecule has 0 spiro atoms. The molecule has 0 aromatic heterocycles. The minimum atomic E-state index is -0.607. The minimum Gasteiger partial charge on any atom is -0.386 e. The largest absolute Gasteiger partial charge is 0.386 e. The number of benzene rings is 1. The maximum absolute atomic E-state index is 10.4. The summed E-state index contributed by atoms with van der Waals surface area (Å²) < 4.78 is 0. The van der Waals surface area contributed by atoms with Gasteiger partial charge in [-0.25, -0.2) is 0 Å². The summed E-state index contributed by atoms with van der Waals surface area (Å²) in [6, 6.07) is 7.33. The maximum atomic E-state index is 10.4. The second kappa shape index (κ2) is 9.58. The Kier molecular flexibility index (Phi) is 7.17. The Morgan fingerprint density at radius 3 is 2.69 bits per heavy atom. The Hall–Kier alpha value is -1.30. The minimum absolute atomic E-state index is 0.358. The van der Waals surface area contributed by atoms with Crippen LogP contribution in [0.1, 0.15) is 37.9 Å². The van der Waals surface area contributed by atoms with Gasteiger partial charge in [-0.05, 0) is 62.9 Å². The van der Waals surface area contributed by atoms with E-state index >= 15 is 0 Å². The summed E-state index contributed by atoms with van der Waals surface area (Å²) in [4.78, 5) is 9.64. The molecule has 3 rings (SSSR count). The number of likely N-dealkylation sites (tertiary alicyclic amines) is 2. The molecule has 144 valence electrons. The Balaban J connectivity index is 1.55. The molecule has 2 aliphatic heterocycles. The number of aliphatic imine (C=N–C) groups is 1. The van der Waals surface area contributed by atoms with Crippen molar-refractivity contribution in [2.24, 2.45) is 10.9 Å². The number of hydrogen-bond acceptors (Lipinski definition) is 3. The third-order valence-corrected chi connectivity index (χ3v) is 5.56. The fourth-order valence-corrected chi connectivity index (χ4v) is 4.02. The highest BCUT2D eigenvalue weighted by molar-refractivity contribution is 6.30. The zero-order valence-corrected chi connectivity index (χ0v) is 16.5. The van der Waals surface area contributed by atoms with Crippen LogP contribution in [0.3, 0.4) is 0 Å². The molecule has 2 unspecified atom stereocenters. The van der Waals surface area contributed by atoms with Gasteiger partial charge in [0.2, 0.25) is 0 Å². The Bertz CT molecular complexity index is 586. The molecule has 1 aromatic carbocycles. The molecule has 2 atom stereocenters. The van der Waals surface area contributed by atoms with E-state index in [0.29, 0.717) is 11.6 Å². The lowest BCUT2D eigenvalue weighted by atomic mass is 10.1. The smallest absolute Gasteiger partial charge is 0.194 e. The standard InChI is InChI=1S/C20H31ClN4O/c1-2-22-20(23-13-19(26)17-5-7-18(21)8-6-17)25-12-9-16(15-25)14-24-10-3-4-11-24/h5-8,16,19,26H,2-4,9-15H2,1H3,(H,22,23). The average Bonchev–Trinajstić information content (AvgIpc) is 3.31. The van der Waals surface area contributed by atoms with Crippen molar-refractivity contribution in [2.45, 2.75) is 32.3 Å². The van der Waals surface area contributed by atoms with E-state index < -0.39 is 6.10 Å². The van der Waals surface area contributed by atoms with Gasteiger partial charge in [-0.15, -0.1) is 0 Å². The highest BCUT2D eigenvalue weighted by Crippen LogP contribution is 2.21. The van der Waals surface area contributed by atoms with Crippen LogP contribution in [0.25, 0.3) is 0 Å². The third-order valence-electron chi connectivity index (χ3n) is 5.30. The van der Waals surface area contributed by atoms with Crippen molar-refractivity contribution >= 4 is 17.6 Å². The summed E-state index contributed by atoms with van der Waals surface area (Å²) in [6.45, 7) is 9.11. The molecule has 1 aromatic rings. The van der Waals surface area contributed by atoms with Crippen molar-refractivity contribution in [1.29, 1.82) is 0 Å². The fraction of sp³-hybridized carbons (Fsp3) is 0.650. The molecule has 5 nitrogen and oxygen atoms in total. The molecule has 2 heterocycles. The first kappa shape index (κ1) is 19.5. The second-order valence-electron chi connectivity index (χ2n) is 7.37. The van der Waals surface area contributed by atoms with Gasteiger partial charge >= 0.3 is 0 Å². The quantitative estimate of drug-likeness (QED) is 0.590. The first-order chi connectivity index (χ1) is 12.7. The van der Waals surface area contributed by atoms with Crippen LogP contribution in [0.2, 0.25) is 5.02 Å². The first-order valence-corrected chi connectivity index (χ1v) is 10.2. The second-order valence-corrected chi connectivity index (χ2v) is 7.81. The van der Waals surface area contributed by atoms with Gasteiger partial charge in [0.25, 0.3) is 0 Å². The van der Waals surface area contributed by atoms with Crippen molar-refractivity contribution in [3.8, 4) is 0 Å². The fourth-order valence-electron chi connectivity index (χ4n) is 3.89. The van der Waals surface area contributed by atoms with E-state index in [9.17, 15) is 5.11 Å². The topological polar surface area (TPSA) is 51.1 Å². The number of nitrogens with one attached hydrogen (secondary N) is 1. The van der Waals surface area contributed by atoms with Gasteiger partial charge in [-0.2, -0.15) is 0 Å². The van der Waals surface area contributed by atoms with Gasteiger partial charge in [0, 0.05) is 31.2 Å². The Labute approximate surface area is 162 Å². The van der Waals surface area contributed by atoms with Gasteiger partial charge in [0.15, 0.2) is 5.96 Å². The van der Waals surface area contributed by atoms with Crippen molar-refractivity contribution in [1.82, 2.24) is 15.1 Å². The summed E-state index contributed by atoms with van der Waals surface area (Å²) >= 11 is 5.92. The van der Waals surface area contributed by atoms with Crippen molar-refractivity contribution in [3.63, 3.8) is 0 Å². The zero-order chi connectivity index (χ0) is 18.4. The van der Waals surface area contributed by atoms with Crippen LogP contribution in [-0.4, -0.2) is 66.7 Å². The molecule has 0 radical (unpaired) electrons. The molecule has 0 bridgehead atoms. The predicted octanol–water partition coefficient (Wildman–Crippen LogP) is 2.76. The zero-order valence-electron chi connectivity index (χ0n) is 15.7. The molecule has 2 fully saturated rings. The molecule has 2 aliphatic rings. The van der Waals surface area contributed by atoms with Crippen LogP contribution in [0.15, 0.2) is 29.3 Å². The van der Waals surface area contributed by atoms with Gasteiger partial charge in [-0.1, -0.05) is 23.7 Å². The number of rotatable bonds is 6. The van der Waals surface area contributed by atoms with Crippen LogP contribution >= 0.6 is 11.6 Å². The van der Waals surface area contributed by atoms with Crippen LogP contribution in [-0.2, 0) is 0 Å². The number of aliphatic hydroxyl groups is 1. The van der Waals surface area contributed by atoms with E-state index in [2.05, 4.69) is 22.0 Å². The Morgan fingerprint density at radius 1 is 1.27 bits per heavy atom. The molecule has 2 saturated heterocycles. The summed E-state index contributed by atoms with van der Waals surface area (Å²) in [5.41, 5.74) is 0.849. The van der Waals surface area contributed by atoms with Crippen LogP contribution in [0.4, 0.5) is 0 Å². The SMILES string of the molecule is CCNC(=NCC(O)c1ccc(Cl)cc1)N1CCC(CN2CCCC2)C1. The Morgan fingerprint density at radius 2 is 2.00 bits per heavy atom. The molecule has 0 amide bonds. The normalized spacial score (nSPS) is 22.8. The van der Waals surface area contributed by atoms with Crippen LogP contribution < -0.4 is 5.32 Å². The lowest BCUT2D eigenvalue weighted by Crippen LogP contribution is -2.41. The van der Waals surface area contributed by atoms with Crippen molar-refractivity contribution in [3.05, 3.63) is 34.9 Å². The van der Waals surface area contributed by atoms with E-state index in [0.717, 1.165) is 37.1 Å². The molecule has 2 N–H and O–H groups in total. The molecule has 0 aliphatic carbocycles. The molecule has 6 heteroatoms. The van der Waals surface area contributed by atoms with Gasteiger partial charge < -0.3 is 20.2 Å². The number of halogens is 1. The summed E-state index contributed by atoms with van der Waals surface area (Å²) in [6.07, 6.45) is 3.32. The predicted molar refractivity (Wildman–Crippen MR) is 108 cm³/mol. The third kappa shape index (κ3) is 5.35. The van der Waals surface area contributed by atoms with Crippen molar-refractivity contribution < 1.29 is 5.11 Å². The van der Waals surface area contributed by atoms with E-state index in [1.165, 1.54) is 38.9 Å². The molecular weight excluding hydrogens is 348 g/mol. The van der Waals surface area contributed by atoms with E-state index in [4.69, 9.17) is 16.6 Å². The average molecular weight is 379 g/mol. The summed E-state index contributed by atoms with van der Waals surface area (Å²) in [5.74, 6) is 1.64. The van der Waals surface area contributed by atoms with Gasteiger partial charge in [-0.3, -0.25) is 4.99 Å². The molecule has 0 saturated carbocycles. The summed E-state index contributed by atoms with van der Waals surface area (Å²) in [7, 11) is 0. The van der Waals surface area contributed by atoms with Crippen LogP contribution in [0, 0.1) is 5.92 Å². The maximum Gasteiger partial charge on any atom is 0.194 e. The number of hydrogen-bond donors (Lipinski definition) is 2. The number of guanidine groups is 1. The monoisotopic (exact) mass is 378 g/mol. The van der Waals surface area contributed by atoms with Crippen molar-refractivity contribution in [2.75, 3.05) is 45.8 Å². The molecular formula is C20H31ClN4O. The van der Waals surface area contributed by atoms with E-state index in [1.54, 1.807) is 12.1 Å². The number of nitrogens with zero attached hydrogens (tertiary/aromatic N) is 3. The van der Waals surface area contributed by atoms with E-state index in [-0.39, 0.29) is 0 Å². The van der Waals surface area contributed by atoms with Gasteiger partial charge in [0.05, 0.1) is 12.6 Å². The summed E-state index contributed by atoms with van der Waals surface area (Å²) in [5, 5.41) is 14.5. The van der Waals surface area contributed by atoms with Gasteiger partial charge in [0.1, 0.15) is 0 Å². The highest BCUT2D eigenvalue weighted by atomic mass is 35.5. The lowest BCUT2D eigenvalue weighted by molar-refractivity contribution is 0.186. The number of aliphatic hydroxyl groups excluding tert-OH is 1. The molecule has 26 heavy (non-hydrogen) atoms. The first-order valence-electron chi connectivity index (χ1n) is 9.85. The highest BCUT2D eigenvalue weighted by Gasteiger charge is 2.27. The lowest BCUT2D eigenvalue weighted by Gasteiger charge is -2.23. The van der Waals surface area contributed by atoms with E-state index in [1.807, 2.05) is 12.1 Å². The van der Waals surface area contributed by atoms with Crippen LogP contribution in [0.5, 0.6) is 0 Å².